The molecule has 210 valence electrons. The van der Waals surface area contributed by atoms with Gasteiger partial charge < -0.3 is 8.94 Å². The number of nitrogens with zero attached hydrogens (tertiary/aromatic N) is 2. The van der Waals surface area contributed by atoms with Crippen molar-refractivity contribution in [2.24, 2.45) is 0 Å². The fraction of sp³-hybridized carbons (Fsp3) is 0.314. The zero-order valence-corrected chi connectivity index (χ0v) is 24.6. The molecule has 0 radical (unpaired) electrons. The van der Waals surface area contributed by atoms with Gasteiger partial charge >= 0.3 is 0 Å². The number of benzene rings is 3. The van der Waals surface area contributed by atoms with Crippen LogP contribution in [0, 0.1) is 6.92 Å². The first-order valence-electron chi connectivity index (χ1n) is 14.2. The van der Waals surface area contributed by atoms with Gasteiger partial charge in [0.1, 0.15) is 11.3 Å². The quantitative estimate of drug-likeness (QED) is 0.162. The van der Waals surface area contributed by atoms with E-state index in [1.165, 1.54) is 6.39 Å². The molecule has 41 heavy (non-hydrogen) atoms. The van der Waals surface area contributed by atoms with Crippen LogP contribution in [0.1, 0.15) is 97.5 Å². The third-order valence-electron chi connectivity index (χ3n) is 7.98. The van der Waals surface area contributed by atoms with E-state index in [-0.39, 0.29) is 23.9 Å². The summed E-state index contributed by atoms with van der Waals surface area (Å²) in [6.07, 6.45) is 2.83. The van der Waals surface area contributed by atoms with Gasteiger partial charge in [-0.3, -0.25) is 9.59 Å². The topological polar surface area (TPSA) is 86.2 Å². The van der Waals surface area contributed by atoms with Crippen molar-refractivity contribution < 1.29 is 18.5 Å². The Hall–Kier alpha value is -4.32. The molecule has 0 bridgehead atoms. The van der Waals surface area contributed by atoms with Gasteiger partial charge in [-0.2, -0.15) is 4.98 Å². The van der Waals surface area contributed by atoms with Crippen LogP contribution in [0.5, 0.6) is 0 Å². The van der Waals surface area contributed by atoms with Gasteiger partial charge in [0.15, 0.2) is 17.4 Å². The molecule has 0 saturated heterocycles. The van der Waals surface area contributed by atoms with Crippen molar-refractivity contribution in [3.8, 4) is 22.5 Å². The summed E-state index contributed by atoms with van der Waals surface area (Å²) in [6, 6.07) is 20.0. The average molecular weight is 549 g/mol. The minimum atomic E-state index is -0.570. The lowest BCUT2D eigenvalue weighted by Crippen LogP contribution is -2.23. The lowest BCUT2D eigenvalue weighted by atomic mass is 9.83. The van der Waals surface area contributed by atoms with E-state index < -0.39 is 5.41 Å². The van der Waals surface area contributed by atoms with Crippen LogP contribution < -0.4 is 0 Å². The zero-order chi connectivity index (χ0) is 29.3. The van der Waals surface area contributed by atoms with Crippen molar-refractivity contribution in [1.29, 1.82) is 0 Å². The predicted octanol–water partition coefficient (Wildman–Crippen LogP) is 9.12. The van der Waals surface area contributed by atoms with E-state index in [4.69, 9.17) is 8.94 Å². The Labute approximate surface area is 240 Å². The highest BCUT2D eigenvalue weighted by atomic mass is 16.5. The van der Waals surface area contributed by atoms with Crippen LogP contribution in [-0.4, -0.2) is 21.7 Å². The van der Waals surface area contributed by atoms with E-state index in [9.17, 15) is 9.59 Å². The van der Waals surface area contributed by atoms with Crippen LogP contribution in [-0.2, 0) is 5.41 Å². The Bertz CT molecular complexity index is 1710. The highest BCUT2D eigenvalue weighted by Crippen LogP contribution is 2.41. The first kappa shape index (κ1) is 28.2. The molecule has 3 aromatic carbocycles. The number of aromatic nitrogens is 2. The Morgan fingerprint density at radius 1 is 0.951 bits per heavy atom. The Balaban J connectivity index is 1.64. The van der Waals surface area contributed by atoms with E-state index >= 15 is 0 Å². The van der Waals surface area contributed by atoms with E-state index in [1.807, 2.05) is 76.2 Å². The third kappa shape index (κ3) is 5.51. The van der Waals surface area contributed by atoms with Crippen LogP contribution >= 0.6 is 0 Å². The standard InChI is InChI=1S/C35H36N2O4/c1-7-22(4)26-18-31-28(32(29(38)8-2)33(41-31)23-14-12-21(3)13-15-23)17-27(26)24-10-9-11-25(16-24)30(39)19-35(5,6)34-36-20-40-37-34/h9-18,20,22H,7-8,19H2,1-6H3/t22-/m1/s1. The van der Waals surface area contributed by atoms with Gasteiger partial charge in [0.05, 0.1) is 5.56 Å². The second kappa shape index (κ2) is 11.3. The molecule has 2 aromatic heterocycles. The second-order valence-corrected chi connectivity index (χ2v) is 11.5. The highest BCUT2D eigenvalue weighted by Gasteiger charge is 2.29. The lowest BCUT2D eigenvalue weighted by molar-refractivity contribution is 0.0953. The Kier molecular flexibility index (Phi) is 7.76. The summed E-state index contributed by atoms with van der Waals surface area (Å²) in [7, 11) is 0. The van der Waals surface area contributed by atoms with Crippen molar-refractivity contribution in [2.45, 2.75) is 72.1 Å². The first-order chi connectivity index (χ1) is 19.6. The second-order valence-electron chi connectivity index (χ2n) is 11.5. The summed E-state index contributed by atoms with van der Waals surface area (Å²) < 4.78 is 11.3. The van der Waals surface area contributed by atoms with Gasteiger partial charge in [0.25, 0.3) is 0 Å². The molecule has 6 heteroatoms. The summed E-state index contributed by atoms with van der Waals surface area (Å²) in [5.74, 6) is 1.38. The number of rotatable bonds is 10. The predicted molar refractivity (Wildman–Crippen MR) is 161 cm³/mol. The number of hydrogen-bond acceptors (Lipinski definition) is 6. The molecular weight excluding hydrogens is 512 g/mol. The molecule has 5 rings (SSSR count). The number of fused-ring (bicyclic) bond motifs is 1. The molecule has 0 aliphatic heterocycles. The van der Waals surface area contributed by atoms with Crippen LogP contribution in [0.15, 0.2) is 76.0 Å². The molecule has 0 fully saturated rings. The average Bonchev–Trinajstić information content (AvgIpc) is 3.65. The van der Waals surface area contributed by atoms with E-state index in [1.54, 1.807) is 0 Å². The number of carbonyl (C=O) groups excluding carboxylic acids is 2. The van der Waals surface area contributed by atoms with Crippen molar-refractivity contribution >= 4 is 22.5 Å². The molecule has 2 heterocycles. The highest BCUT2D eigenvalue weighted by molar-refractivity contribution is 6.13. The summed E-state index contributed by atoms with van der Waals surface area (Å²) in [6.45, 7) is 12.1. The van der Waals surface area contributed by atoms with Crippen LogP contribution in [0.3, 0.4) is 0 Å². The fourth-order valence-electron chi connectivity index (χ4n) is 5.31. The molecule has 0 saturated carbocycles. The zero-order valence-electron chi connectivity index (χ0n) is 24.6. The molecule has 0 aliphatic carbocycles. The van der Waals surface area contributed by atoms with Crippen LogP contribution in [0.4, 0.5) is 0 Å². The molecular formula is C35H36N2O4. The van der Waals surface area contributed by atoms with Crippen LogP contribution in [0.25, 0.3) is 33.4 Å². The first-order valence-corrected chi connectivity index (χ1v) is 14.2. The third-order valence-corrected chi connectivity index (χ3v) is 7.98. The Morgan fingerprint density at radius 3 is 2.37 bits per heavy atom. The molecule has 0 N–H and O–H groups in total. The maximum absolute atomic E-state index is 13.4. The smallest absolute Gasteiger partial charge is 0.213 e. The molecule has 0 aliphatic rings. The van der Waals surface area contributed by atoms with Gasteiger partial charge in [-0.25, -0.2) is 0 Å². The normalized spacial score (nSPS) is 12.5. The van der Waals surface area contributed by atoms with E-state index in [2.05, 4.69) is 36.1 Å². The molecule has 0 spiro atoms. The number of hydrogen-bond donors (Lipinski definition) is 0. The van der Waals surface area contributed by atoms with Crippen molar-refractivity contribution in [3.05, 3.63) is 95.1 Å². The number of ketones is 2. The van der Waals surface area contributed by atoms with Gasteiger partial charge in [-0.1, -0.05) is 87.8 Å². The number of furan rings is 1. The van der Waals surface area contributed by atoms with E-state index in [0.717, 1.165) is 39.6 Å². The summed E-state index contributed by atoms with van der Waals surface area (Å²) in [4.78, 5) is 30.9. The maximum Gasteiger partial charge on any atom is 0.213 e. The maximum atomic E-state index is 13.4. The van der Waals surface area contributed by atoms with Crippen molar-refractivity contribution in [3.63, 3.8) is 0 Å². The number of aryl methyl sites for hydroxylation is 1. The molecule has 5 aromatic rings. The minimum absolute atomic E-state index is 0.000337. The van der Waals surface area contributed by atoms with Crippen molar-refractivity contribution in [1.82, 2.24) is 10.1 Å². The summed E-state index contributed by atoms with van der Waals surface area (Å²) >= 11 is 0. The van der Waals surface area contributed by atoms with Gasteiger partial charge in [0.2, 0.25) is 6.39 Å². The SMILES string of the molecule is CCC(=O)c1c(-c2ccc(C)cc2)oc2cc([C@H](C)CC)c(-c3cccc(C(=O)CC(C)(C)c4ncon4)c3)cc12. The largest absolute Gasteiger partial charge is 0.455 e. The number of Topliss-reactive ketones (excluding diaryl/α,β-unsaturated/α-hetero) is 2. The van der Waals surface area contributed by atoms with Gasteiger partial charge in [-0.15, -0.1) is 0 Å². The molecule has 6 nitrogen and oxygen atoms in total. The molecule has 0 amide bonds. The fourth-order valence-corrected chi connectivity index (χ4v) is 5.31. The van der Waals surface area contributed by atoms with Crippen molar-refractivity contribution in [2.75, 3.05) is 0 Å². The van der Waals surface area contributed by atoms with Gasteiger partial charge in [0, 0.05) is 34.8 Å². The summed E-state index contributed by atoms with van der Waals surface area (Å²) in [5, 5.41) is 4.75. The lowest BCUT2D eigenvalue weighted by Gasteiger charge is -2.20. The summed E-state index contributed by atoms with van der Waals surface area (Å²) in [5.41, 5.74) is 6.43. The van der Waals surface area contributed by atoms with E-state index in [0.29, 0.717) is 34.7 Å². The molecule has 1 atom stereocenters. The molecule has 0 unspecified atom stereocenters. The Morgan fingerprint density at radius 2 is 1.71 bits per heavy atom. The van der Waals surface area contributed by atoms with Crippen LogP contribution in [0.2, 0.25) is 0 Å². The number of carbonyl (C=O) groups is 2. The van der Waals surface area contributed by atoms with Gasteiger partial charge in [-0.05, 0) is 54.2 Å². The monoisotopic (exact) mass is 548 g/mol. The minimum Gasteiger partial charge on any atom is -0.455 e.